The van der Waals surface area contributed by atoms with Gasteiger partial charge in [0.1, 0.15) is 0 Å². The van der Waals surface area contributed by atoms with Crippen molar-refractivity contribution in [3.8, 4) is 0 Å². The highest BCUT2D eigenvalue weighted by Gasteiger charge is 2.46. The van der Waals surface area contributed by atoms with E-state index in [-0.39, 0.29) is 0 Å². The lowest BCUT2D eigenvalue weighted by atomic mass is 9.94. The Balaban J connectivity index is 1.80. The van der Waals surface area contributed by atoms with Crippen LogP contribution in [-0.2, 0) is 13.0 Å². The highest BCUT2D eigenvalue weighted by molar-refractivity contribution is 6.31. The van der Waals surface area contributed by atoms with Crippen molar-refractivity contribution in [1.29, 1.82) is 0 Å². The zero-order valence-electron chi connectivity index (χ0n) is 12.6. The average molecular weight is 298 g/mol. The lowest BCUT2D eigenvalue weighted by Crippen LogP contribution is -2.37. The summed E-state index contributed by atoms with van der Waals surface area (Å²) < 4.78 is 1.93. The van der Waals surface area contributed by atoms with Crippen molar-refractivity contribution >= 4 is 11.6 Å². The molecule has 2 atom stereocenters. The molecule has 1 saturated carbocycles. The quantitative estimate of drug-likeness (QED) is 0.928. The fraction of sp³-hybridized carbons (Fsp3) is 0.800. The lowest BCUT2D eigenvalue weighted by molar-refractivity contribution is 0.0467. The van der Waals surface area contributed by atoms with E-state index < -0.39 is 5.60 Å². The third-order valence-corrected chi connectivity index (χ3v) is 5.18. The van der Waals surface area contributed by atoms with Gasteiger partial charge in [-0.1, -0.05) is 11.6 Å². The highest BCUT2D eigenvalue weighted by atomic mass is 35.5. The van der Waals surface area contributed by atoms with Gasteiger partial charge >= 0.3 is 0 Å². The Morgan fingerprint density at radius 2 is 2.15 bits per heavy atom. The van der Waals surface area contributed by atoms with Crippen LogP contribution in [0, 0.1) is 6.92 Å². The van der Waals surface area contributed by atoms with Crippen LogP contribution in [0.5, 0.6) is 0 Å². The Hall–Kier alpha value is -0.580. The lowest BCUT2D eigenvalue weighted by Gasteiger charge is -2.24. The molecule has 0 amide bonds. The van der Waals surface area contributed by atoms with Crippen LogP contribution in [-0.4, -0.2) is 44.0 Å². The van der Waals surface area contributed by atoms with E-state index in [0.717, 1.165) is 35.9 Å². The predicted molar refractivity (Wildman–Crippen MR) is 80.1 cm³/mol. The van der Waals surface area contributed by atoms with Gasteiger partial charge in [0, 0.05) is 31.6 Å². The molecule has 2 heterocycles. The summed E-state index contributed by atoms with van der Waals surface area (Å²) in [6.07, 6.45) is 4.00. The van der Waals surface area contributed by atoms with Crippen molar-refractivity contribution in [3.05, 3.63) is 16.4 Å². The molecular formula is C15H24ClN3O. The molecule has 1 N–H and O–H groups in total. The molecule has 1 aliphatic carbocycles. The molecule has 1 aromatic rings. The summed E-state index contributed by atoms with van der Waals surface area (Å²) in [4.78, 5) is 2.47. The number of aliphatic hydroxyl groups is 1. The Labute approximate surface area is 125 Å². The molecule has 20 heavy (non-hydrogen) atoms. The minimum Gasteiger partial charge on any atom is -0.388 e. The van der Waals surface area contributed by atoms with E-state index in [2.05, 4.69) is 23.8 Å². The number of nitrogens with zero attached hydrogens (tertiary/aromatic N) is 3. The van der Waals surface area contributed by atoms with E-state index in [9.17, 15) is 5.11 Å². The Morgan fingerprint density at radius 1 is 1.45 bits per heavy atom. The Bertz CT molecular complexity index is 511. The van der Waals surface area contributed by atoms with Gasteiger partial charge in [-0.2, -0.15) is 5.10 Å². The second-order valence-corrected chi connectivity index (χ2v) is 6.90. The number of aryl methyl sites for hydroxylation is 2. The standard InChI is InChI=1S/C15H24ClN3O/c1-4-19-13(14(16)11(3)17-19)8-15(20)7-10(2)18(9-15)12-5-6-12/h10,12,20H,4-9H2,1-3H3. The maximum Gasteiger partial charge on any atom is 0.0848 e. The number of aromatic nitrogens is 2. The molecule has 1 aromatic heterocycles. The highest BCUT2D eigenvalue weighted by Crippen LogP contribution is 2.39. The molecule has 0 aromatic carbocycles. The summed E-state index contributed by atoms with van der Waals surface area (Å²) in [7, 11) is 0. The summed E-state index contributed by atoms with van der Waals surface area (Å²) in [5.74, 6) is 0. The van der Waals surface area contributed by atoms with Crippen LogP contribution in [0.3, 0.4) is 0 Å². The van der Waals surface area contributed by atoms with Gasteiger partial charge in [0.2, 0.25) is 0 Å². The predicted octanol–water partition coefficient (Wildman–Crippen LogP) is 2.40. The van der Waals surface area contributed by atoms with Crippen LogP contribution >= 0.6 is 11.6 Å². The molecule has 2 unspecified atom stereocenters. The second kappa shape index (κ2) is 5.00. The Kier molecular flexibility index (Phi) is 3.59. The summed E-state index contributed by atoms with van der Waals surface area (Å²) in [5.41, 5.74) is 1.18. The normalized spacial score (nSPS) is 31.1. The van der Waals surface area contributed by atoms with Crippen LogP contribution in [0.4, 0.5) is 0 Å². The molecule has 0 bridgehead atoms. The van der Waals surface area contributed by atoms with Crippen molar-refractivity contribution in [2.45, 2.75) is 70.7 Å². The largest absolute Gasteiger partial charge is 0.388 e. The number of halogens is 1. The third-order valence-electron chi connectivity index (χ3n) is 4.68. The van der Waals surface area contributed by atoms with E-state index in [1.54, 1.807) is 0 Å². The first-order chi connectivity index (χ1) is 9.43. The molecule has 0 radical (unpaired) electrons. The van der Waals surface area contributed by atoms with Gasteiger partial charge in [-0.3, -0.25) is 9.58 Å². The molecular weight excluding hydrogens is 274 g/mol. The molecule has 112 valence electrons. The van der Waals surface area contributed by atoms with Gasteiger partial charge in [-0.15, -0.1) is 0 Å². The average Bonchev–Trinajstić information content (AvgIpc) is 3.14. The molecule has 1 aliphatic heterocycles. The van der Waals surface area contributed by atoms with Gasteiger partial charge in [-0.25, -0.2) is 0 Å². The van der Waals surface area contributed by atoms with Gasteiger partial charge in [0.15, 0.2) is 0 Å². The molecule has 2 fully saturated rings. The van der Waals surface area contributed by atoms with Gasteiger partial charge in [0.05, 0.1) is 22.0 Å². The van der Waals surface area contributed by atoms with Crippen molar-refractivity contribution in [1.82, 2.24) is 14.7 Å². The van der Waals surface area contributed by atoms with Crippen molar-refractivity contribution in [2.75, 3.05) is 6.54 Å². The summed E-state index contributed by atoms with van der Waals surface area (Å²) in [6, 6.07) is 1.16. The summed E-state index contributed by atoms with van der Waals surface area (Å²) in [6.45, 7) is 7.77. The van der Waals surface area contributed by atoms with Crippen molar-refractivity contribution in [2.24, 2.45) is 0 Å². The minimum absolute atomic E-state index is 0.463. The molecule has 1 saturated heterocycles. The van der Waals surface area contributed by atoms with E-state index in [4.69, 9.17) is 11.6 Å². The van der Waals surface area contributed by atoms with E-state index in [0.29, 0.717) is 18.5 Å². The minimum atomic E-state index is -0.662. The summed E-state index contributed by atoms with van der Waals surface area (Å²) in [5, 5.41) is 16.1. The number of rotatable bonds is 4. The Morgan fingerprint density at radius 3 is 2.75 bits per heavy atom. The maximum atomic E-state index is 11.0. The number of likely N-dealkylation sites (tertiary alicyclic amines) is 1. The first-order valence-corrected chi connectivity index (χ1v) is 8.01. The van der Waals surface area contributed by atoms with Crippen LogP contribution < -0.4 is 0 Å². The fourth-order valence-electron chi connectivity index (χ4n) is 3.60. The van der Waals surface area contributed by atoms with E-state index >= 15 is 0 Å². The molecule has 4 nitrogen and oxygen atoms in total. The van der Waals surface area contributed by atoms with Crippen molar-refractivity contribution < 1.29 is 5.11 Å². The topological polar surface area (TPSA) is 41.3 Å². The van der Waals surface area contributed by atoms with Crippen LogP contribution in [0.25, 0.3) is 0 Å². The molecule has 0 spiro atoms. The first-order valence-electron chi connectivity index (χ1n) is 7.63. The van der Waals surface area contributed by atoms with Gasteiger partial charge in [-0.05, 0) is 40.0 Å². The number of hydrogen-bond donors (Lipinski definition) is 1. The zero-order chi connectivity index (χ0) is 14.5. The number of hydrogen-bond acceptors (Lipinski definition) is 3. The van der Waals surface area contributed by atoms with E-state index in [1.807, 2.05) is 11.6 Å². The van der Waals surface area contributed by atoms with Crippen molar-refractivity contribution in [3.63, 3.8) is 0 Å². The summed E-state index contributed by atoms with van der Waals surface area (Å²) >= 11 is 6.37. The van der Waals surface area contributed by atoms with Crippen LogP contribution in [0.2, 0.25) is 5.02 Å². The molecule has 2 aliphatic rings. The monoisotopic (exact) mass is 297 g/mol. The van der Waals surface area contributed by atoms with Crippen LogP contribution in [0.1, 0.15) is 44.5 Å². The fourth-order valence-corrected chi connectivity index (χ4v) is 3.80. The van der Waals surface area contributed by atoms with Gasteiger partial charge in [0.25, 0.3) is 0 Å². The molecule has 3 rings (SSSR count). The molecule has 5 heteroatoms. The smallest absolute Gasteiger partial charge is 0.0848 e. The SMILES string of the molecule is CCn1nc(C)c(Cl)c1CC1(O)CC(C)N(C2CC2)C1. The van der Waals surface area contributed by atoms with E-state index in [1.165, 1.54) is 12.8 Å². The van der Waals surface area contributed by atoms with Gasteiger partial charge < -0.3 is 5.11 Å². The zero-order valence-corrected chi connectivity index (χ0v) is 13.3. The third kappa shape index (κ3) is 2.49. The maximum absolute atomic E-state index is 11.0. The number of β-amino-alcohol motifs (C(OH)–C–C–N with tert-alkyl or cyclic N) is 1. The first kappa shape index (κ1) is 14.4. The second-order valence-electron chi connectivity index (χ2n) is 6.52. The van der Waals surface area contributed by atoms with Crippen LogP contribution in [0.15, 0.2) is 0 Å².